The van der Waals surface area contributed by atoms with Crippen LogP contribution in [0.3, 0.4) is 0 Å². The molecule has 0 atom stereocenters. The Morgan fingerprint density at radius 3 is 2.73 bits per heavy atom. The second-order valence-corrected chi connectivity index (χ2v) is 9.81. The molecule has 4 rings (SSSR count). The van der Waals surface area contributed by atoms with Crippen LogP contribution in [0.15, 0.2) is 48.7 Å². The molecular weight excluding hydrogens is 444 g/mol. The minimum atomic E-state index is -3.40. The van der Waals surface area contributed by atoms with Crippen LogP contribution in [0, 0.1) is 0 Å². The molecule has 9 nitrogen and oxygen atoms in total. The Hall–Kier alpha value is -3.53. The standard InChI is InChI=1S/C23H26N4O5S/c1-32-21-14-17(8-9-20(21)27-12-4-5-13-33(27,30)31)26-23(29)22(28)24-11-10-16-15-25-19-7-3-2-6-18(16)19/h2-3,6-9,14-15,25H,4-5,10-13H2,1H3,(H,24,28)(H,26,29). The fourth-order valence-corrected chi connectivity index (χ4v) is 5.59. The van der Waals surface area contributed by atoms with Crippen molar-refractivity contribution in [2.75, 3.05) is 35.6 Å². The summed E-state index contributed by atoms with van der Waals surface area (Å²) in [6.07, 6.45) is 3.87. The molecule has 2 heterocycles. The van der Waals surface area contributed by atoms with Gasteiger partial charge >= 0.3 is 11.8 Å². The topological polar surface area (TPSA) is 121 Å². The number of sulfonamides is 1. The summed E-state index contributed by atoms with van der Waals surface area (Å²) < 4.78 is 31.5. The van der Waals surface area contributed by atoms with Gasteiger partial charge in [0.05, 0.1) is 18.6 Å². The summed E-state index contributed by atoms with van der Waals surface area (Å²) in [4.78, 5) is 27.8. The first-order valence-electron chi connectivity index (χ1n) is 10.7. The Bertz CT molecular complexity index is 1280. The molecule has 0 aliphatic carbocycles. The fourth-order valence-electron chi connectivity index (χ4n) is 3.94. The lowest BCUT2D eigenvalue weighted by Gasteiger charge is -2.29. The van der Waals surface area contributed by atoms with Gasteiger partial charge < -0.3 is 20.4 Å². The molecule has 10 heteroatoms. The second-order valence-electron chi connectivity index (χ2n) is 7.80. The van der Waals surface area contributed by atoms with Gasteiger partial charge in [-0.05, 0) is 43.0 Å². The lowest BCUT2D eigenvalue weighted by atomic mass is 10.1. The number of nitrogens with zero attached hydrogens (tertiary/aromatic N) is 1. The average molecular weight is 471 g/mol. The maximum atomic E-state index is 12.4. The molecule has 1 saturated heterocycles. The number of para-hydroxylation sites is 1. The molecule has 0 radical (unpaired) electrons. The van der Waals surface area contributed by atoms with Crippen molar-refractivity contribution in [3.63, 3.8) is 0 Å². The summed E-state index contributed by atoms with van der Waals surface area (Å²) >= 11 is 0. The fraction of sp³-hybridized carbons (Fsp3) is 0.304. The van der Waals surface area contributed by atoms with Gasteiger partial charge in [-0.15, -0.1) is 0 Å². The third-order valence-electron chi connectivity index (χ3n) is 5.62. The van der Waals surface area contributed by atoms with Crippen molar-refractivity contribution < 1.29 is 22.7 Å². The predicted octanol–water partition coefficient (Wildman–Crippen LogP) is 2.40. The number of H-pyrrole nitrogens is 1. The predicted molar refractivity (Wildman–Crippen MR) is 127 cm³/mol. The van der Waals surface area contributed by atoms with E-state index < -0.39 is 21.8 Å². The van der Waals surface area contributed by atoms with E-state index in [4.69, 9.17) is 4.74 Å². The quantitative estimate of drug-likeness (QED) is 0.478. The largest absolute Gasteiger partial charge is 0.494 e. The number of methoxy groups -OCH3 is 1. The van der Waals surface area contributed by atoms with E-state index in [-0.39, 0.29) is 5.75 Å². The van der Waals surface area contributed by atoms with Gasteiger partial charge in [0.1, 0.15) is 5.75 Å². The highest BCUT2D eigenvalue weighted by atomic mass is 32.2. The molecule has 0 unspecified atom stereocenters. The summed E-state index contributed by atoms with van der Waals surface area (Å²) in [6, 6.07) is 12.5. The monoisotopic (exact) mass is 470 g/mol. The number of ether oxygens (including phenoxy) is 1. The highest BCUT2D eigenvalue weighted by Crippen LogP contribution is 2.34. The maximum Gasteiger partial charge on any atom is 0.313 e. The Balaban J connectivity index is 1.37. The molecule has 2 amide bonds. The van der Waals surface area contributed by atoms with Gasteiger partial charge in [0, 0.05) is 41.9 Å². The van der Waals surface area contributed by atoms with Gasteiger partial charge in [-0.25, -0.2) is 8.42 Å². The number of rotatable bonds is 6. The molecule has 0 bridgehead atoms. The molecule has 1 aromatic heterocycles. The third-order valence-corrected chi connectivity index (χ3v) is 7.47. The SMILES string of the molecule is COc1cc(NC(=O)C(=O)NCCc2c[nH]c3ccccc23)ccc1N1CCCCS1(=O)=O. The molecular formula is C23H26N4O5S. The van der Waals surface area contributed by atoms with Gasteiger partial charge in [-0.2, -0.15) is 0 Å². The zero-order valence-corrected chi connectivity index (χ0v) is 19.1. The molecule has 1 aliphatic heterocycles. The molecule has 2 aromatic carbocycles. The molecule has 174 valence electrons. The first-order valence-corrected chi connectivity index (χ1v) is 12.3. The molecule has 0 saturated carbocycles. The Labute approximate surface area is 192 Å². The Kier molecular flexibility index (Phi) is 6.55. The van der Waals surface area contributed by atoms with Crippen molar-refractivity contribution in [3.8, 4) is 5.75 Å². The number of hydrogen-bond donors (Lipinski definition) is 3. The van der Waals surface area contributed by atoms with E-state index in [1.165, 1.54) is 17.5 Å². The van der Waals surface area contributed by atoms with Crippen LogP contribution in [-0.2, 0) is 26.0 Å². The summed E-state index contributed by atoms with van der Waals surface area (Å²) in [6.45, 7) is 0.687. The van der Waals surface area contributed by atoms with Gasteiger partial charge in [0.25, 0.3) is 0 Å². The number of aromatic nitrogens is 1. The van der Waals surface area contributed by atoms with E-state index >= 15 is 0 Å². The number of benzene rings is 2. The van der Waals surface area contributed by atoms with Gasteiger partial charge in [0.15, 0.2) is 0 Å². The lowest BCUT2D eigenvalue weighted by Crippen LogP contribution is -2.38. The van der Waals surface area contributed by atoms with Gasteiger partial charge in [0.2, 0.25) is 10.0 Å². The molecule has 1 fully saturated rings. The highest BCUT2D eigenvalue weighted by Gasteiger charge is 2.28. The van der Waals surface area contributed by atoms with E-state index in [0.29, 0.717) is 43.1 Å². The van der Waals surface area contributed by atoms with Crippen molar-refractivity contribution in [1.82, 2.24) is 10.3 Å². The summed E-state index contributed by atoms with van der Waals surface area (Å²) in [5.74, 6) is -1.17. The van der Waals surface area contributed by atoms with Crippen LogP contribution in [0.5, 0.6) is 5.75 Å². The third kappa shape index (κ3) is 4.95. The summed E-state index contributed by atoms with van der Waals surface area (Å²) in [5, 5.41) is 6.24. The number of amides is 2. The molecule has 0 spiro atoms. The van der Waals surface area contributed by atoms with Crippen LogP contribution >= 0.6 is 0 Å². The number of anilines is 2. The first kappa shape index (κ1) is 22.7. The van der Waals surface area contributed by atoms with Crippen LogP contribution in [0.25, 0.3) is 10.9 Å². The average Bonchev–Trinajstić information content (AvgIpc) is 3.22. The maximum absolute atomic E-state index is 12.4. The van der Waals surface area contributed by atoms with Crippen molar-refractivity contribution in [2.24, 2.45) is 0 Å². The van der Waals surface area contributed by atoms with E-state index in [1.807, 2.05) is 30.5 Å². The lowest BCUT2D eigenvalue weighted by molar-refractivity contribution is -0.136. The number of aromatic amines is 1. The van der Waals surface area contributed by atoms with Crippen molar-refractivity contribution in [1.29, 1.82) is 0 Å². The molecule has 33 heavy (non-hydrogen) atoms. The van der Waals surface area contributed by atoms with E-state index in [1.54, 1.807) is 12.1 Å². The van der Waals surface area contributed by atoms with Gasteiger partial charge in [-0.1, -0.05) is 18.2 Å². The van der Waals surface area contributed by atoms with E-state index in [2.05, 4.69) is 15.6 Å². The zero-order chi connectivity index (χ0) is 23.4. The molecule has 3 aromatic rings. The number of hydrogen-bond acceptors (Lipinski definition) is 5. The smallest absolute Gasteiger partial charge is 0.313 e. The Morgan fingerprint density at radius 2 is 1.94 bits per heavy atom. The van der Waals surface area contributed by atoms with Crippen LogP contribution in [0.4, 0.5) is 11.4 Å². The van der Waals surface area contributed by atoms with E-state index in [0.717, 1.165) is 22.9 Å². The number of carbonyl (C=O) groups excluding carboxylic acids is 2. The minimum Gasteiger partial charge on any atom is -0.494 e. The highest BCUT2D eigenvalue weighted by molar-refractivity contribution is 7.92. The normalized spacial score (nSPS) is 15.2. The molecule has 3 N–H and O–H groups in total. The number of nitrogens with one attached hydrogen (secondary N) is 3. The number of carbonyl (C=O) groups is 2. The van der Waals surface area contributed by atoms with Crippen molar-refractivity contribution in [3.05, 3.63) is 54.2 Å². The van der Waals surface area contributed by atoms with Crippen LogP contribution < -0.4 is 19.7 Å². The van der Waals surface area contributed by atoms with Crippen molar-refractivity contribution >= 4 is 44.1 Å². The van der Waals surface area contributed by atoms with Gasteiger partial charge in [-0.3, -0.25) is 13.9 Å². The number of fused-ring (bicyclic) bond motifs is 1. The summed E-state index contributed by atoms with van der Waals surface area (Å²) in [5.41, 5.74) is 2.82. The summed E-state index contributed by atoms with van der Waals surface area (Å²) in [7, 11) is -1.97. The first-order chi connectivity index (χ1) is 15.9. The van der Waals surface area contributed by atoms with Crippen LogP contribution in [0.1, 0.15) is 18.4 Å². The minimum absolute atomic E-state index is 0.0906. The molecule has 1 aliphatic rings. The van der Waals surface area contributed by atoms with Crippen molar-refractivity contribution in [2.45, 2.75) is 19.3 Å². The van der Waals surface area contributed by atoms with E-state index in [9.17, 15) is 18.0 Å². The Morgan fingerprint density at radius 1 is 1.12 bits per heavy atom. The zero-order valence-electron chi connectivity index (χ0n) is 18.3. The van der Waals surface area contributed by atoms with Crippen LogP contribution in [0.2, 0.25) is 0 Å². The van der Waals surface area contributed by atoms with Crippen LogP contribution in [-0.4, -0.2) is 51.2 Å². The second kappa shape index (κ2) is 9.53.